The van der Waals surface area contributed by atoms with Crippen molar-refractivity contribution < 1.29 is 17.9 Å². The van der Waals surface area contributed by atoms with Gasteiger partial charge in [-0.3, -0.25) is 0 Å². The Kier molecular flexibility index (Phi) is 6.92. The monoisotopic (exact) mass is 227 g/mol. The van der Waals surface area contributed by atoms with Gasteiger partial charge < -0.3 is 10.5 Å². The Morgan fingerprint density at radius 1 is 1.33 bits per heavy atom. The fourth-order valence-electron chi connectivity index (χ4n) is 1.52. The van der Waals surface area contributed by atoms with Crippen LogP contribution in [0.25, 0.3) is 0 Å². The van der Waals surface area contributed by atoms with Crippen LogP contribution in [-0.2, 0) is 4.74 Å². The van der Waals surface area contributed by atoms with Gasteiger partial charge in [-0.05, 0) is 12.3 Å². The first-order chi connectivity index (χ1) is 6.85. The van der Waals surface area contributed by atoms with Crippen molar-refractivity contribution in [1.82, 2.24) is 0 Å². The summed E-state index contributed by atoms with van der Waals surface area (Å²) in [6, 6.07) is -0.297. The van der Waals surface area contributed by atoms with E-state index in [2.05, 4.69) is 11.7 Å². The van der Waals surface area contributed by atoms with Gasteiger partial charge >= 0.3 is 6.18 Å². The number of halogens is 3. The van der Waals surface area contributed by atoms with Gasteiger partial charge in [0.25, 0.3) is 0 Å². The first-order valence-electron chi connectivity index (χ1n) is 5.25. The molecule has 0 aromatic heterocycles. The van der Waals surface area contributed by atoms with Crippen LogP contribution in [0.5, 0.6) is 0 Å². The van der Waals surface area contributed by atoms with Gasteiger partial charge in [0, 0.05) is 6.04 Å². The van der Waals surface area contributed by atoms with Crippen molar-refractivity contribution in [2.75, 3.05) is 13.2 Å². The number of nitrogens with two attached hydrogens (primary N) is 1. The van der Waals surface area contributed by atoms with Crippen molar-refractivity contribution in [3.63, 3.8) is 0 Å². The maximum Gasteiger partial charge on any atom is 0.411 e. The van der Waals surface area contributed by atoms with Gasteiger partial charge in [-0.25, -0.2) is 0 Å². The number of hydrogen-bond donors (Lipinski definition) is 1. The lowest BCUT2D eigenvalue weighted by atomic mass is 9.98. The molecule has 0 saturated carbocycles. The van der Waals surface area contributed by atoms with E-state index in [1.165, 1.54) is 0 Å². The molecule has 0 aromatic carbocycles. The molecule has 0 bridgehead atoms. The first kappa shape index (κ1) is 14.7. The van der Waals surface area contributed by atoms with Crippen LogP contribution in [0.2, 0.25) is 0 Å². The maximum atomic E-state index is 11.7. The van der Waals surface area contributed by atoms with Gasteiger partial charge in [0.15, 0.2) is 0 Å². The minimum absolute atomic E-state index is 0.0203. The molecule has 0 saturated heterocycles. The van der Waals surface area contributed by atoms with E-state index < -0.39 is 12.8 Å². The molecule has 2 nitrogen and oxygen atoms in total. The Morgan fingerprint density at radius 2 is 1.93 bits per heavy atom. The zero-order valence-electron chi connectivity index (χ0n) is 9.31. The third kappa shape index (κ3) is 10.0. The van der Waals surface area contributed by atoms with E-state index in [4.69, 9.17) is 5.73 Å². The highest BCUT2D eigenvalue weighted by Crippen LogP contribution is 2.15. The molecule has 2 atom stereocenters. The fourth-order valence-corrected chi connectivity index (χ4v) is 1.52. The molecule has 0 amide bonds. The Bertz CT molecular complexity index is 161. The van der Waals surface area contributed by atoms with Crippen molar-refractivity contribution in [2.24, 2.45) is 11.7 Å². The largest absolute Gasteiger partial charge is 0.411 e. The predicted molar refractivity (Wildman–Crippen MR) is 53.5 cm³/mol. The summed E-state index contributed by atoms with van der Waals surface area (Å²) in [6.45, 7) is 2.89. The van der Waals surface area contributed by atoms with E-state index in [9.17, 15) is 13.2 Å². The van der Waals surface area contributed by atoms with Crippen LogP contribution < -0.4 is 5.73 Å². The van der Waals surface area contributed by atoms with Crippen LogP contribution >= 0.6 is 0 Å². The second-order valence-electron chi connectivity index (χ2n) is 4.02. The van der Waals surface area contributed by atoms with Crippen LogP contribution in [0.3, 0.4) is 0 Å². The molecule has 0 heterocycles. The smallest absolute Gasteiger partial charge is 0.370 e. The quantitative estimate of drug-likeness (QED) is 0.725. The third-order valence-electron chi connectivity index (χ3n) is 2.08. The summed E-state index contributed by atoms with van der Waals surface area (Å²) in [5.74, 6) is 0.444. The van der Waals surface area contributed by atoms with Gasteiger partial charge in [-0.1, -0.05) is 26.7 Å². The van der Waals surface area contributed by atoms with Crippen LogP contribution in [0.4, 0.5) is 13.2 Å². The number of alkyl halides is 3. The molecule has 2 unspecified atom stereocenters. The lowest BCUT2D eigenvalue weighted by Crippen LogP contribution is -2.30. The van der Waals surface area contributed by atoms with E-state index in [0.29, 0.717) is 12.3 Å². The zero-order chi connectivity index (χ0) is 11.9. The van der Waals surface area contributed by atoms with Crippen molar-refractivity contribution in [2.45, 2.75) is 45.3 Å². The number of ether oxygens (including phenoxy) is 1. The summed E-state index contributed by atoms with van der Waals surface area (Å²) in [4.78, 5) is 0. The molecule has 0 spiro atoms. The van der Waals surface area contributed by atoms with Crippen molar-refractivity contribution in [1.29, 1.82) is 0 Å². The van der Waals surface area contributed by atoms with Gasteiger partial charge in [-0.2, -0.15) is 13.2 Å². The summed E-state index contributed by atoms with van der Waals surface area (Å²) in [6.07, 6.45) is -1.43. The van der Waals surface area contributed by atoms with Crippen LogP contribution in [0, 0.1) is 5.92 Å². The molecule has 5 heteroatoms. The van der Waals surface area contributed by atoms with Crippen LogP contribution in [-0.4, -0.2) is 25.4 Å². The highest BCUT2D eigenvalue weighted by atomic mass is 19.4. The Hall–Kier alpha value is -0.290. The van der Waals surface area contributed by atoms with Gasteiger partial charge in [-0.15, -0.1) is 0 Å². The van der Waals surface area contributed by atoms with E-state index in [1.807, 2.05) is 6.92 Å². The summed E-state index contributed by atoms with van der Waals surface area (Å²) in [5.41, 5.74) is 5.64. The first-order valence-corrected chi connectivity index (χ1v) is 5.25. The second-order valence-corrected chi connectivity index (χ2v) is 4.02. The van der Waals surface area contributed by atoms with E-state index in [0.717, 1.165) is 12.8 Å². The Labute approximate surface area is 89.0 Å². The fraction of sp³-hybridized carbons (Fsp3) is 1.00. The van der Waals surface area contributed by atoms with Gasteiger partial charge in [0.05, 0.1) is 6.61 Å². The average molecular weight is 227 g/mol. The zero-order valence-corrected chi connectivity index (χ0v) is 9.31. The molecule has 15 heavy (non-hydrogen) atoms. The maximum absolute atomic E-state index is 11.7. The molecule has 0 rings (SSSR count). The normalized spacial score (nSPS) is 16.4. The third-order valence-corrected chi connectivity index (χ3v) is 2.08. The van der Waals surface area contributed by atoms with E-state index in [-0.39, 0.29) is 12.6 Å². The Balaban J connectivity index is 3.53. The lowest BCUT2D eigenvalue weighted by molar-refractivity contribution is -0.174. The predicted octanol–water partition coefficient (Wildman–Crippen LogP) is 2.72. The van der Waals surface area contributed by atoms with Gasteiger partial charge in [0.2, 0.25) is 0 Å². The van der Waals surface area contributed by atoms with Crippen LogP contribution in [0.15, 0.2) is 0 Å². The van der Waals surface area contributed by atoms with E-state index >= 15 is 0 Å². The van der Waals surface area contributed by atoms with Crippen molar-refractivity contribution in [3.05, 3.63) is 0 Å². The SMILES string of the molecule is CCCC(C)CC(N)COCC(F)(F)F. The molecule has 0 fully saturated rings. The molecule has 0 aromatic rings. The minimum Gasteiger partial charge on any atom is -0.370 e. The standard InChI is InChI=1S/C10H20F3NO/c1-3-4-8(2)5-9(14)6-15-7-10(11,12)13/h8-9H,3-7,14H2,1-2H3. The molecule has 0 aliphatic carbocycles. The van der Waals surface area contributed by atoms with Crippen molar-refractivity contribution in [3.8, 4) is 0 Å². The summed E-state index contributed by atoms with van der Waals surface area (Å²) >= 11 is 0. The van der Waals surface area contributed by atoms with Crippen LogP contribution in [0.1, 0.15) is 33.1 Å². The molecular weight excluding hydrogens is 207 g/mol. The molecule has 92 valence electrons. The highest BCUT2D eigenvalue weighted by Gasteiger charge is 2.27. The molecular formula is C10H20F3NO. The molecule has 0 aliphatic rings. The van der Waals surface area contributed by atoms with Gasteiger partial charge in [0.1, 0.15) is 6.61 Å². The number of rotatable bonds is 7. The topological polar surface area (TPSA) is 35.2 Å². The highest BCUT2D eigenvalue weighted by molar-refractivity contribution is 4.65. The molecule has 0 aliphatic heterocycles. The summed E-state index contributed by atoms with van der Waals surface area (Å²) < 4.78 is 39.7. The number of hydrogen-bond acceptors (Lipinski definition) is 2. The second kappa shape index (κ2) is 7.06. The summed E-state index contributed by atoms with van der Waals surface area (Å²) in [7, 11) is 0. The van der Waals surface area contributed by atoms with Crippen molar-refractivity contribution >= 4 is 0 Å². The Morgan fingerprint density at radius 3 is 2.40 bits per heavy atom. The minimum atomic E-state index is -4.26. The summed E-state index contributed by atoms with van der Waals surface area (Å²) in [5, 5.41) is 0. The lowest BCUT2D eigenvalue weighted by Gasteiger charge is -2.17. The average Bonchev–Trinajstić information content (AvgIpc) is 2.01. The molecule has 2 N–H and O–H groups in total. The van der Waals surface area contributed by atoms with E-state index in [1.54, 1.807) is 0 Å². The molecule has 0 radical (unpaired) electrons.